The number of morpholine rings is 1. The quantitative estimate of drug-likeness (QED) is 0.0622. The van der Waals surface area contributed by atoms with E-state index in [9.17, 15) is 15.0 Å². The number of para-hydroxylation sites is 1. The fourth-order valence-electron chi connectivity index (χ4n) is 10.4. The van der Waals surface area contributed by atoms with Crippen molar-refractivity contribution in [3.63, 3.8) is 0 Å². The first-order valence-electron chi connectivity index (χ1n) is 23.0. The maximum atomic E-state index is 16.5. The van der Waals surface area contributed by atoms with E-state index in [1.807, 2.05) is 71.6 Å². The molecule has 3 amide bonds. The Labute approximate surface area is 395 Å². The molecule has 0 saturated carbocycles. The average Bonchev–Trinajstić information content (AvgIpc) is 3.84. The first-order chi connectivity index (χ1) is 33.3. The monoisotopic (exact) mass is 915 g/mol. The second kappa shape index (κ2) is 20.4. The highest BCUT2D eigenvalue weighted by atomic mass is 16.6. The van der Waals surface area contributed by atoms with Crippen molar-refractivity contribution in [3.8, 4) is 17.6 Å². The summed E-state index contributed by atoms with van der Waals surface area (Å²) in [4.78, 5) is 65.1. The van der Waals surface area contributed by atoms with Crippen molar-refractivity contribution in [1.82, 2.24) is 10.2 Å². The summed E-state index contributed by atoms with van der Waals surface area (Å²) in [5.74, 6) is 2.95. The molecule has 1 aliphatic carbocycles. The number of carbonyl (C=O) groups is 4. The summed E-state index contributed by atoms with van der Waals surface area (Å²) < 4.78 is 23.8. The van der Waals surface area contributed by atoms with Crippen LogP contribution in [0.25, 0.3) is 0 Å². The summed E-state index contributed by atoms with van der Waals surface area (Å²) in [7, 11) is 1.46. The highest BCUT2D eigenvalue weighted by Gasteiger charge is 2.76. The number of fused-ring (bicyclic) bond motifs is 3. The molecule has 68 heavy (non-hydrogen) atoms. The number of esters is 1. The van der Waals surface area contributed by atoms with Crippen LogP contribution in [-0.4, -0.2) is 85.1 Å². The number of benzene rings is 5. The van der Waals surface area contributed by atoms with Crippen LogP contribution in [-0.2, 0) is 34.0 Å². The molecule has 1 spiro atoms. The molecule has 0 unspecified atom stereocenters. The van der Waals surface area contributed by atoms with Crippen molar-refractivity contribution in [2.45, 2.75) is 61.4 Å². The SMILES string of the molecule is COCCOC(=O)N1C(=O)[C@@]2(c3cc(C#CC4=CCCCC4)ccc31)[C@H](C(=O)NC[C@H](O)c1ccccc1)[C@H]1C(=O)O[C@H](c3ccccc3)[C@H](c3ccccc3)N1[C@@H]2c1ccccc1OCCO. The van der Waals surface area contributed by atoms with Gasteiger partial charge in [-0.2, -0.15) is 0 Å². The van der Waals surface area contributed by atoms with Gasteiger partial charge in [-0.3, -0.25) is 19.3 Å². The number of nitrogens with zero attached hydrogens (tertiary/aromatic N) is 2. The first kappa shape index (κ1) is 46.0. The highest BCUT2D eigenvalue weighted by molar-refractivity contribution is 6.23. The Morgan fingerprint density at radius 2 is 1.54 bits per heavy atom. The van der Waals surface area contributed by atoms with E-state index in [-0.39, 0.29) is 50.0 Å². The lowest BCUT2D eigenvalue weighted by Crippen LogP contribution is -2.56. The van der Waals surface area contributed by atoms with Crippen LogP contribution in [0.15, 0.2) is 145 Å². The number of cyclic esters (lactones) is 1. The van der Waals surface area contributed by atoms with E-state index in [0.29, 0.717) is 22.3 Å². The third-order valence-electron chi connectivity index (χ3n) is 13.3. The van der Waals surface area contributed by atoms with E-state index in [1.54, 1.807) is 66.7 Å². The number of methoxy groups -OCH3 is 1. The summed E-state index contributed by atoms with van der Waals surface area (Å²) in [5.41, 5.74) is 2.11. The van der Waals surface area contributed by atoms with Crippen molar-refractivity contribution in [3.05, 3.63) is 178 Å². The van der Waals surface area contributed by atoms with Crippen molar-refractivity contribution in [1.29, 1.82) is 0 Å². The number of aliphatic hydroxyl groups excluding tert-OH is 2. The molecule has 13 heteroatoms. The Bertz CT molecular complexity index is 2740. The maximum Gasteiger partial charge on any atom is 0.421 e. The van der Waals surface area contributed by atoms with Crippen molar-refractivity contribution in [2.24, 2.45) is 5.92 Å². The molecule has 5 aromatic carbocycles. The summed E-state index contributed by atoms with van der Waals surface area (Å²) in [5, 5.41) is 24.5. The summed E-state index contributed by atoms with van der Waals surface area (Å²) >= 11 is 0. The van der Waals surface area contributed by atoms with Gasteiger partial charge in [0, 0.05) is 24.8 Å². The molecule has 0 radical (unpaired) electrons. The van der Waals surface area contributed by atoms with Crippen LogP contribution in [0.3, 0.4) is 0 Å². The van der Waals surface area contributed by atoms with Gasteiger partial charge in [0.25, 0.3) is 0 Å². The molecule has 348 valence electrons. The number of allylic oxidation sites excluding steroid dienone is 2. The predicted molar refractivity (Wildman–Crippen MR) is 252 cm³/mol. The Balaban J connectivity index is 1.34. The van der Waals surface area contributed by atoms with Crippen molar-refractivity contribution < 1.29 is 48.3 Å². The molecular formula is C55H53N3O10. The number of ether oxygens (including phenoxy) is 4. The largest absolute Gasteiger partial charge is 0.491 e. The molecule has 9 rings (SSSR count). The third-order valence-corrected chi connectivity index (χ3v) is 13.3. The molecule has 0 aromatic heterocycles. The van der Waals surface area contributed by atoms with Crippen LogP contribution in [0.2, 0.25) is 0 Å². The topological polar surface area (TPSA) is 164 Å². The minimum absolute atomic E-state index is 0.0461. The van der Waals surface area contributed by atoms with Gasteiger partial charge < -0.3 is 34.5 Å². The lowest BCUT2D eigenvalue weighted by Gasteiger charge is -2.46. The fraction of sp³-hybridized carbons (Fsp3) is 0.309. The van der Waals surface area contributed by atoms with Crippen molar-refractivity contribution in [2.75, 3.05) is 45.0 Å². The minimum Gasteiger partial charge on any atom is -0.491 e. The van der Waals surface area contributed by atoms with E-state index in [0.717, 1.165) is 41.7 Å². The number of hydrogen-bond donors (Lipinski definition) is 3. The van der Waals surface area contributed by atoms with Gasteiger partial charge in [0.05, 0.1) is 43.0 Å². The Morgan fingerprint density at radius 3 is 2.25 bits per heavy atom. The number of amides is 3. The van der Waals surface area contributed by atoms with Gasteiger partial charge >= 0.3 is 12.1 Å². The highest BCUT2D eigenvalue weighted by Crippen LogP contribution is 2.66. The molecule has 3 N–H and O–H groups in total. The van der Waals surface area contributed by atoms with E-state index in [2.05, 4.69) is 23.2 Å². The van der Waals surface area contributed by atoms with Gasteiger partial charge in [-0.15, -0.1) is 0 Å². The van der Waals surface area contributed by atoms with E-state index in [4.69, 9.17) is 18.9 Å². The van der Waals surface area contributed by atoms with Crippen LogP contribution in [0, 0.1) is 17.8 Å². The molecule has 7 atom stereocenters. The van der Waals surface area contributed by atoms with E-state index in [1.165, 1.54) is 7.11 Å². The number of aliphatic hydroxyl groups is 2. The smallest absolute Gasteiger partial charge is 0.421 e. The molecule has 0 bridgehead atoms. The predicted octanol–water partition coefficient (Wildman–Crippen LogP) is 7.21. The van der Waals surface area contributed by atoms with Crippen LogP contribution in [0.1, 0.15) is 83.4 Å². The van der Waals surface area contributed by atoms with Gasteiger partial charge in [0.15, 0.2) is 0 Å². The number of anilines is 1. The van der Waals surface area contributed by atoms with Gasteiger partial charge in [-0.05, 0) is 77.8 Å². The summed E-state index contributed by atoms with van der Waals surface area (Å²) in [6, 6.07) is 36.1. The Hall–Kier alpha value is -7.08. The molecular weight excluding hydrogens is 863 g/mol. The maximum absolute atomic E-state index is 16.5. The zero-order valence-electron chi connectivity index (χ0n) is 37.7. The second-order valence-electron chi connectivity index (χ2n) is 17.3. The molecule has 2 saturated heterocycles. The molecule has 3 heterocycles. The summed E-state index contributed by atoms with van der Waals surface area (Å²) in [6.07, 6.45) is 2.84. The minimum atomic E-state index is -2.12. The average molecular weight is 916 g/mol. The Kier molecular flexibility index (Phi) is 13.8. The van der Waals surface area contributed by atoms with Crippen LogP contribution >= 0.6 is 0 Å². The standard InChI is InChI=1S/C55H53N3O10/c1-65-32-33-67-54(64)57-43-29-28-37(27-26-36-16-6-2-7-17-36)34-42(43)55(53(57)63)46(51(61)56-35-44(60)38-18-8-3-9-19-38)48-52(62)68-49(40-22-12-5-13-23-40)47(39-20-10-4-11-21-39)58(48)50(55)41-24-14-15-25-45(41)66-31-30-59/h3-5,8-16,18-25,28-29,34,44,46-50,59-60H,2,6-7,17,30-33,35H2,1H3,(H,56,61)/t44-,46-,47-,48-,49+,50+,55-/m0/s1. The van der Waals surface area contributed by atoms with Crippen LogP contribution < -0.4 is 15.0 Å². The molecule has 13 nitrogen and oxygen atoms in total. The van der Waals surface area contributed by atoms with E-state index < -0.39 is 65.5 Å². The first-order valence-corrected chi connectivity index (χ1v) is 23.0. The van der Waals surface area contributed by atoms with E-state index >= 15 is 14.4 Å². The van der Waals surface area contributed by atoms with Crippen LogP contribution in [0.5, 0.6) is 5.75 Å². The van der Waals surface area contributed by atoms with Crippen molar-refractivity contribution >= 4 is 29.6 Å². The lowest BCUT2D eigenvalue weighted by molar-refractivity contribution is -0.178. The molecule has 4 aliphatic rings. The zero-order chi connectivity index (χ0) is 47.2. The third kappa shape index (κ3) is 8.56. The van der Waals surface area contributed by atoms with Gasteiger partial charge in [0.1, 0.15) is 36.5 Å². The number of rotatable bonds is 13. The second-order valence-corrected chi connectivity index (χ2v) is 17.3. The molecule has 2 fully saturated rings. The number of nitrogens with one attached hydrogen (secondary N) is 1. The molecule has 3 aliphatic heterocycles. The van der Waals surface area contributed by atoms with Gasteiger partial charge in [0.2, 0.25) is 11.8 Å². The zero-order valence-corrected chi connectivity index (χ0v) is 37.7. The number of imide groups is 1. The molecule has 5 aromatic rings. The Morgan fingerprint density at radius 1 is 0.838 bits per heavy atom. The van der Waals surface area contributed by atoms with Crippen LogP contribution in [0.4, 0.5) is 10.5 Å². The fourth-order valence-corrected chi connectivity index (χ4v) is 10.4. The normalized spacial score (nSPS) is 23.4. The number of carbonyl (C=O) groups excluding carboxylic acids is 4. The lowest BCUT2D eigenvalue weighted by atomic mass is 9.65. The van der Waals surface area contributed by atoms with Gasteiger partial charge in [-0.1, -0.05) is 127 Å². The van der Waals surface area contributed by atoms with Gasteiger partial charge in [-0.25, -0.2) is 9.69 Å². The summed E-state index contributed by atoms with van der Waals surface area (Å²) in [6.45, 7) is -0.863. The number of hydrogen-bond acceptors (Lipinski definition) is 11.